The van der Waals surface area contributed by atoms with Crippen molar-refractivity contribution < 1.29 is 9.90 Å². The summed E-state index contributed by atoms with van der Waals surface area (Å²) < 4.78 is 0. The Hall–Kier alpha value is -2.38. The Bertz CT molecular complexity index is 619. The molecule has 0 aliphatic heterocycles. The van der Waals surface area contributed by atoms with Crippen molar-refractivity contribution in [1.29, 1.82) is 0 Å². The molecule has 14 heavy (non-hydrogen) atoms. The van der Waals surface area contributed by atoms with Gasteiger partial charge in [0.2, 0.25) is 0 Å². The standard InChI is InChI=1S/C6H4N4O4/c11-4-1-2(5(12)10-9-4)7-8-3(1)6(13)14/h(H,7,8)(H,9,11)(H,10,12)(H,13,14). The van der Waals surface area contributed by atoms with Gasteiger partial charge in [-0.15, -0.1) is 0 Å². The van der Waals surface area contributed by atoms with Crippen LogP contribution in [0.2, 0.25) is 0 Å². The van der Waals surface area contributed by atoms with E-state index in [9.17, 15) is 14.4 Å². The molecule has 0 aliphatic carbocycles. The molecule has 2 aromatic heterocycles. The van der Waals surface area contributed by atoms with Crippen molar-refractivity contribution >= 4 is 16.9 Å². The van der Waals surface area contributed by atoms with E-state index in [2.05, 4.69) is 10.2 Å². The Kier molecular flexibility index (Phi) is 1.50. The van der Waals surface area contributed by atoms with E-state index in [1.807, 2.05) is 10.2 Å². The van der Waals surface area contributed by atoms with Crippen molar-refractivity contribution in [2.75, 3.05) is 0 Å². The van der Waals surface area contributed by atoms with E-state index in [1.54, 1.807) is 0 Å². The third kappa shape index (κ3) is 0.937. The summed E-state index contributed by atoms with van der Waals surface area (Å²) in [5, 5.41) is 18.0. The zero-order chi connectivity index (χ0) is 10.3. The van der Waals surface area contributed by atoms with Gasteiger partial charge in [0.15, 0.2) is 11.2 Å². The van der Waals surface area contributed by atoms with Gasteiger partial charge in [0, 0.05) is 0 Å². The molecular weight excluding hydrogens is 192 g/mol. The quantitative estimate of drug-likeness (QED) is 0.447. The predicted octanol–water partition coefficient (Wildman–Crippen LogP) is -1.36. The summed E-state index contributed by atoms with van der Waals surface area (Å²) in [6, 6.07) is 0. The number of nitrogens with zero attached hydrogens (tertiary/aromatic N) is 1. The molecule has 8 nitrogen and oxygen atoms in total. The van der Waals surface area contributed by atoms with Crippen LogP contribution in [0.25, 0.3) is 10.9 Å². The minimum absolute atomic E-state index is 0.217. The molecule has 0 radical (unpaired) electrons. The molecule has 72 valence electrons. The molecule has 0 saturated carbocycles. The fourth-order valence-electron chi connectivity index (χ4n) is 1.12. The van der Waals surface area contributed by atoms with Crippen LogP contribution < -0.4 is 11.1 Å². The van der Waals surface area contributed by atoms with Gasteiger partial charge in [-0.3, -0.25) is 24.9 Å². The highest BCUT2D eigenvalue weighted by Gasteiger charge is 2.17. The topological polar surface area (TPSA) is 132 Å². The number of hydrogen-bond donors (Lipinski definition) is 4. The van der Waals surface area contributed by atoms with Gasteiger partial charge < -0.3 is 5.11 Å². The largest absolute Gasteiger partial charge is 0.477 e. The van der Waals surface area contributed by atoms with Crippen molar-refractivity contribution in [3.8, 4) is 0 Å². The molecule has 0 aromatic carbocycles. The first-order chi connectivity index (χ1) is 6.61. The minimum atomic E-state index is -1.34. The zero-order valence-electron chi connectivity index (χ0n) is 6.62. The minimum Gasteiger partial charge on any atom is -0.477 e. The van der Waals surface area contributed by atoms with Crippen LogP contribution in [0.5, 0.6) is 0 Å². The van der Waals surface area contributed by atoms with Gasteiger partial charge in [0.05, 0.1) is 0 Å². The lowest BCUT2D eigenvalue weighted by Crippen LogP contribution is -2.19. The number of aromatic carboxylic acids is 1. The van der Waals surface area contributed by atoms with Crippen molar-refractivity contribution in [2.24, 2.45) is 0 Å². The highest BCUT2D eigenvalue weighted by Crippen LogP contribution is 2.05. The number of carboxylic acids is 1. The highest BCUT2D eigenvalue weighted by atomic mass is 16.4. The lowest BCUT2D eigenvalue weighted by Gasteiger charge is -1.87. The number of rotatable bonds is 1. The van der Waals surface area contributed by atoms with E-state index < -0.39 is 22.8 Å². The van der Waals surface area contributed by atoms with Crippen LogP contribution in [0.3, 0.4) is 0 Å². The summed E-state index contributed by atoms with van der Waals surface area (Å²) in [5.74, 6) is -1.34. The number of hydrogen-bond acceptors (Lipinski definition) is 4. The van der Waals surface area contributed by atoms with Crippen LogP contribution in [-0.4, -0.2) is 31.5 Å². The Morgan fingerprint density at radius 1 is 1.21 bits per heavy atom. The predicted molar refractivity (Wildman–Crippen MR) is 44.3 cm³/mol. The molecule has 4 N–H and O–H groups in total. The summed E-state index contributed by atoms with van der Waals surface area (Å²) in [6.45, 7) is 0. The summed E-state index contributed by atoms with van der Waals surface area (Å²) in [4.78, 5) is 32.8. The molecule has 2 aromatic rings. The second-order valence-corrected chi connectivity index (χ2v) is 2.54. The number of aromatic nitrogens is 4. The molecule has 0 amide bonds. The summed E-state index contributed by atoms with van der Waals surface area (Å²) in [6.07, 6.45) is 0. The summed E-state index contributed by atoms with van der Waals surface area (Å²) >= 11 is 0. The van der Waals surface area contributed by atoms with Crippen LogP contribution in [0.4, 0.5) is 0 Å². The monoisotopic (exact) mass is 196 g/mol. The van der Waals surface area contributed by atoms with Crippen molar-refractivity contribution in [2.45, 2.75) is 0 Å². The van der Waals surface area contributed by atoms with Gasteiger partial charge in [0.1, 0.15) is 5.39 Å². The Morgan fingerprint density at radius 3 is 2.50 bits per heavy atom. The average Bonchev–Trinajstić information content (AvgIpc) is 2.56. The normalized spacial score (nSPS) is 10.6. The van der Waals surface area contributed by atoms with Gasteiger partial charge in [0.25, 0.3) is 11.1 Å². The van der Waals surface area contributed by atoms with Crippen LogP contribution >= 0.6 is 0 Å². The van der Waals surface area contributed by atoms with Crippen LogP contribution in [0, 0.1) is 0 Å². The molecule has 0 atom stereocenters. The maximum Gasteiger partial charge on any atom is 0.354 e. The number of fused-ring (bicyclic) bond motifs is 1. The Labute approximate surface area is 74.6 Å². The van der Waals surface area contributed by atoms with Crippen LogP contribution in [0.15, 0.2) is 9.59 Å². The molecule has 0 unspecified atom stereocenters. The second-order valence-electron chi connectivity index (χ2n) is 2.54. The maximum atomic E-state index is 11.2. The molecular formula is C6H4N4O4. The number of H-pyrrole nitrogens is 3. The third-order valence-electron chi connectivity index (χ3n) is 1.71. The molecule has 8 heteroatoms. The number of nitrogens with one attached hydrogen (secondary N) is 3. The lowest BCUT2D eigenvalue weighted by atomic mass is 10.3. The molecule has 0 saturated heterocycles. The fourth-order valence-corrected chi connectivity index (χ4v) is 1.12. The van der Waals surface area contributed by atoms with Crippen molar-refractivity contribution in [3.05, 3.63) is 26.4 Å². The third-order valence-corrected chi connectivity index (χ3v) is 1.71. The van der Waals surface area contributed by atoms with Gasteiger partial charge in [-0.25, -0.2) is 4.79 Å². The van der Waals surface area contributed by atoms with Gasteiger partial charge >= 0.3 is 5.97 Å². The number of carbonyl (C=O) groups is 1. The second kappa shape index (κ2) is 2.55. The van der Waals surface area contributed by atoms with E-state index in [4.69, 9.17) is 5.11 Å². The van der Waals surface area contributed by atoms with E-state index >= 15 is 0 Å². The number of aromatic amines is 3. The van der Waals surface area contributed by atoms with E-state index in [1.165, 1.54) is 0 Å². The van der Waals surface area contributed by atoms with Crippen molar-refractivity contribution in [3.63, 3.8) is 0 Å². The first kappa shape index (κ1) is 8.23. The van der Waals surface area contributed by atoms with E-state index in [-0.39, 0.29) is 10.9 Å². The maximum absolute atomic E-state index is 11.2. The molecule has 0 spiro atoms. The number of carboxylic acid groups (broad SMARTS) is 1. The molecule has 0 aliphatic rings. The fraction of sp³-hybridized carbons (Fsp3) is 0. The summed E-state index contributed by atoms with van der Waals surface area (Å²) in [7, 11) is 0. The van der Waals surface area contributed by atoms with Gasteiger partial charge in [-0.1, -0.05) is 0 Å². The zero-order valence-corrected chi connectivity index (χ0v) is 6.62. The van der Waals surface area contributed by atoms with E-state index in [0.29, 0.717) is 0 Å². The Morgan fingerprint density at radius 2 is 1.86 bits per heavy atom. The van der Waals surface area contributed by atoms with E-state index in [0.717, 1.165) is 0 Å². The van der Waals surface area contributed by atoms with Crippen molar-refractivity contribution in [1.82, 2.24) is 20.4 Å². The molecule has 0 fully saturated rings. The van der Waals surface area contributed by atoms with Crippen LogP contribution in [-0.2, 0) is 0 Å². The van der Waals surface area contributed by atoms with Gasteiger partial charge in [-0.05, 0) is 0 Å². The molecule has 0 bridgehead atoms. The summed E-state index contributed by atoms with van der Waals surface area (Å²) in [5.41, 5.74) is -1.97. The molecule has 2 rings (SSSR count). The highest BCUT2D eigenvalue weighted by molar-refractivity contribution is 6.00. The SMILES string of the molecule is O=C(O)c1[nH]nc2c(=O)[nH][nH]c(=O)c12. The van der Waals surface area contributed by atoms with Crippen LogP contribution in [0.1, 0.15) is 10.5 Å². The average molecular weight is 196 g/mol. The first-order valence-electron chi connectivity index (χ1n) is 3.53. The smallest absolute Gasteiger partial charge is 0.354 e. The molecule has 2 heterocycles. The lowest BCUT2D eigenvalue weighted by molar-refractivity contribution is 0.0692. The first-order valence-corrected chi connectivity index (χ1v) is 3.53. The van der Waals surface area contributed by atoms with Gasteiger partial charge in [-0.2, -0.15) is 5.10 Å². The Balaban J connectivity index is 3.06.